The predicted molar refractivity (Wildman–Crippen MR) is 57.8 cm³/mol. The quantitative estimate of drug-likeness (QED) is 0.756. The molecule has 0 amide bonds. The molecule has 0 N–H and O–H groups in total. The number of nitrogens with zero attached hydrogens (tertiary/aromatic N) is 4. The van der Waals surface area contributed by atoms with Gasteiger partial charge >= 0.3 is 0 Å². The molecule has 1 fully saturated rings. The average molecular weight is 224 g/mol. The Morgan fingerprint density at radius 2 is 2.19 bits per heavy atom. The molecule has 1 unspecified atom stereocenters. The molecule has 0 spiro atoms. The van der Waals surface area contributed by atoms with Gasteiger partial charge in [-0.2, -0.15) is 0 Å². The van der Waals surface area contributed by atoms with Crippen molar-refractivity contribution in [2.24, 2.45) is 0 Å². The molecule has 0 aliphatic carbocycles. The van der Waals surface area contributed by atoms with Crippen LogP contribution in [0.2, 0.25) is 0 Å². The molecule has 3 rings (SSSR count). The van der Waals surface area contributed by atoms with Crippen LogP contribution in [0, 0.1) is 0 Å². The fraction of sp³-hybridized carbons (Fsp3) is 0.818. The molecule has 16 heavy (non-hydrogen) atoms. The van der Waals surface area contributed by atoms with Crippen LogP contribution in [0.3, 0.4) is 0 Å². The van der Waals surface area contributed by atoms with Gasteiger partial charge in [-0.1, -0.05) is 0 Å². The lowest BCUT2D eigenvalue weighted by atomic mass is 10.1. The normalized spacial score (nSPS) is 25.9. The molecule has 0 saturated carbocycles. The van der Waals surface area contributed by atoms with Gasteiger partial charge < -0.3 is 4.57 Å². The maximum absolute atomic E-state index is 13.3. The van der Waals surface area contributed by atoms with E-state index in [-0.39, 0.29) is 0 Å². The minimum atomic E-state index is -0.658. The zero-order valence-corrected chi connectivity index (χ0v) is 9.40. The van der Waals surface area contributed by atoms with Crippen LogP contribution in [0.4, 0.5) is 4.39 Å². The van der Waals surface area contributed by atoms with Crippen molar-refractivity contribution >= 4 is 0 Å². The van der Waals surface area contributed by atoms with E-state index >= 15 is 0 Å². The molecule has 3 heterocycles. The molecular weight excluding hydrogens is 207 g/mol. The van der Waals surface area contributed by atoms with E-state index in [0.717, 1.165) is 44.1 Å². The predicted octanol–water partition coefficient (Wildman–Crippen LogP) is 1.16. The molecule has 1 saturated heterocycles. The third-order valence-electron chi connectivity index (χ3n) is 3.50. The highest BCUT2D eigenvalue weighted by molar-refractivity contribution is 5.00. The summed E-state index contributed by atoms with van der Waals surface area (Å²) >= 11 is 0. The highest BCUT2D eigenvalue weighted by atomic mass is 19.1. The fourth-order valence-electron chi connectivity index (χ4n) is 2.67. The molecule has 1 atom stereocenters. The first-order chi connectivity index (χ1) is 7.83. The van der Waals surface area contributed by atoms with Crippen LogP contribution in [0.25, 0.3) is 0 Å². The van der Waals surface area contributed by atoms with Crippen LogP contribution >= 0.6 is 0 Å². The van der Waals surface area contributed by atoms with Crippen molar-refractivity contribution in [1.29, 1.82) is 0 Å². The van der Waals surface area contributed by atoms with Crippen LogP contribution in [-0.4, -0.2) is 38.9 Å². The number of aryl methyl sites for hydroxylation is 1. The van der Waals surface area contributed by atoms with Gasteiger partial charge in [-0.3, -0.25) is 4.90 Å². The number of hydrogen-bond acceptors (Lipinski definition) is 3. The number of hydrogen-bond donors (Lipinski definition) is 0. The molecule has 1 aromatic heterocycles. The Hall–Kier alpha value is -0.970. The second kappa shape index (κ2) is 4.13. The summed E-state index contributed by atoms with van der Waals surface area (Å²) in [5, 5.41) is 8.38. The third kappa shape index (κ3) is 1.84. The van der Waals surface area contributed by atoms with Crippen LogP contribution in [-0.2, 0) is 19.5 Å². The molecule has 88 valence electrons. The van der Waals surface area contributed by atoms with Crippen molar-refractivity contribution in [3.8, 4) is 0 Å². The standard InChI is InChI=1S/C11H17FN4/c12-9-3-1-5-15(7-9)8-11-14-13-10-4-2-6-16(10)11/h9H,1-8H2. The molecule has 0 bridgehead atoms. The smallest absolute Gasteiger partial charge is 0.147 e. The zero-order chi connectivity index (χ0) is 11.0. The topological polar surface area (TPSA) is 34.0 Å². The summed E-state index contributed by atoms with van der Waals surface area (Å²) in [6.07, 6.45) is 3.23. The van der Waals surface area contributed by atoms with E-state index in [4.69, 9.17) is 0 Å². The Morgan fingerprint density at radius 1 is 1.25 bits per heavy atom. The average Bonchev–Trinajstić information content (AvgIpc) is 2.83. The lowest BCUT2D eigenvalue weighted by Gasteiger charge is -2.28. The SMILES string of the molecule is FC1CCCN(Cc2nnc3n2CCC3)C1. The lowest BCUT2D eigenvalue weighted by Crippen LogP contribution is -2.36. The van der Waals surface area contributed by atoms with E-state index in [0.29, 0.717) is 13.0 Å². The van der Waals surface area contributed by atoms with Crippen LogP contribution in [0.5, 0.6) is 0 Å². The van der Waals surface area contributed by atoms with E-state index in [2.05, 4.69) is 19.7 Å². The van der Waals surface area contributed by atoms with Gasteiger partial charge in [0.25, 0.3) is 0 Å². The van der Waals surface area contributed by atoms with Crippen molar-refractivity contribution < 1.29 is 4.39 Å². The number of alkyl halides is 1. The molecule has 0 radical (unpaired) electrons. The van der Waals surface area contributed by atoms with Gasteiger partial charge in [-0.15, -0.1) is 10.2 Å². The van der Waals surface area contributed by atoms with Gasteiger partial charge in [0.05, 0.1) is 6.54 Å². The summed E-state index contributed by atoms with van der Waals surface area (Å²) in [5.74, 6) is 2.12. The number of halogens is 1. The largest absolute Gasteiger partial charge is 0.314 e. The Kier molecular flexibility index (Phi) is 2.63. The Morgan fingerprint density at radius 3 is 3.06 bits per heavy atom. The van der Waals surface area contributed by atoms with Gasteiger partial charge in [0.1, 0.15) is 17.8 Å². The van der Waals surface area contributed by atoms with Crippen molar-refractivity contribution in [1.82, 2.24) is 19.7 Å². The van der Waals surface area contributed by atoms with Crippen molar-refractivity contribution in [3.63, 3.8) is 0 Å². The first-order valence-electron chi connectivity index (χ1n) is 6.10. The lowest BCUT2D eigenvalue weighted by molar-refractivity contribution is 0.129. The number of rotatable bonds is 2. The highest BCUT2D eigenvalue weighted by Crippen LogP contribution is 2.18. The summed E-state index contributed by atoms with van der Waals surface area (Å²) in [6, 6.07) is 0. The van der Waals surface area contributed by atoms with Crippen LogP contribution in [0.1, 0.15) is 30.9 Å². The zero-order valence-electron chi connectivity index (χ0n) is 9.40. The summed E-state index contributed by atoms with van der Waals surface area (Å²) in [5.41, 5.74) is 0. The summed E-state index contributed by atoms with van der Waals surface area (Å²) in [6.45, 7) is 3.34. The number of fused-ring (bicyclic) bond motifs is 1. The number of likely N-dealkylation sites (tertiary alicyclic amines) is 1. The first-order valence-corrected chi connectivity index (χ1v) is 6.10. The monoisotopic (exact) mass is 224 g/mol. The van der Waals surface area contributed by atoms with Gasteiger partial charge in [0.15, 0.2) is 0 Å². The molecular formula is C11H17FN4. The van der Waals surface area contributed by atoms with E-state index in [1.165, 1.54) is 6.42 Å². The summed E-state index contributed by atoms with van der Waals surface area (Å²) in [7, 11) is 0. The maximum atomic E-state index is 13.3. The van der Waals surface area contributed by atoms with E-state index in [9.17, 15) is 4.39 Å². The second-order valence-electron chi connectivity index (χ2n) is 4.76. The van der Waals surface area contributed by atoms with E-state index in [1.54, 1.807) is 0 Å². The number of piperidine rings is 1. The second-order valence-corrected chi connectivity index (χ2v) is 4.76. The van der Waals surface area contributed by atoms with Gasteiger partial charge in [-0.05, 0) is 25.8 Å². The van der Waals surface area contributed by atoms with Crippen molar-refractivity contribution in [2.45, 2.75) is 44.9 Å². The molecule has 1 aromatic rings. The minimum Gasteiger partial charge on any atom is -0.314 e. The van der Waals surface area contributed by atoms with Crippen LogP contribution < -0.4 is 0 Å². The molecule has 2 aliphatic rings. The minimum absolute atomic E-state index is 0.558. The molecule has 4 nitrogen and oxygen atoms in total. The fourth-order valence-corrected chi connectivity index (χ4v) is 2.67. The van der Waals surface area contributed by atoms with Crippen molar-refractivity contribution in [3.05, 3.63) is 11.6 Å². The van der Waals surface area contributed by atoms with E-state index < -0.39 is 6.17 Å². The maximum Gasteiger partial charge on any atom is 0.147 e. The van der Waals surface area contributed by atoms with Gasteiger partial charge in [0, 0.05) is 19.5 Å². The highest BCUT2D eigenvalue weighted by Gasteiger charge is 2.23. The number of aromatic nitrogens is 3. The molecule has 5 heteroatoms. The van der Waals surface area contributed by atoms with Gasteiger partial charge in [-0.25, -0.2) is 4.39 Å². The van der Waals surface area contributed by atoms with Crippen LogP contribution in [0.15, 0.2) is 0 Å². The Bertz CT molecular complexity index is 376. The van der Waals surface area contributed by atoms with E-state index in [1.807, 2.05) is 0 Å². The summed E-state index contributed by atoms with van der Waals surface area (Å²) < 4.78 is 15.4. The third-order valence-corrected chi connectivity index (χ3v) is 3.50. The first kappa shape index (κ1) is 10.2. The van der Waals surface area contributed by atoms with Crippen molar-refractivity contribution in [2.75, 3.05) is 13.1 Å². The molecule has 0 aromatic carbocycles. The summed E-state index contributed by atoms with van der Waals surface area (Å²) in [4.78, 5) is 2.16. The Labute approximate surface area is 94.5 Å². The Balaban J connectivity index is 1.69. The molecule has 2 aliphatic heterocycles. The van der Waals surface area contributed by atoms with Gasteiger partial charge in [0.2, 0.25) is 0 Å².